The summed E-state index contributed by atoms with van der Waals surface area (Å²) in [7, 11) is 0. The topological polar surface area (TPSA) is 37.3 Å². The lowest BCUT2D eigenvalue weighted by molar-refractivity contribution is -0.125. The number of halogens is 1. The molecule has 1 aliphatic carbocycles. The van der Waals surface area contributed by atoms with Crippen LogP contribution in [0.15, 0.2) is 28.7 Å². The average molecular weight is 297 g/mol. The molecule has 0 aliphatic heterocycles. The zero-order valence-corrected chi connectivity index (χ0v) is 11.5. The van der Waals surface area contributed by atoms with Crippen LogP contribution in [-0.2, 0) is 4.79 Å². The van der Waals surface area contributed by atoms with Crippen molar-refractivity contribution in [3.63, 3.8) is 0 Å². The molecule has 1 aromatic carbocycles. The van der Waals surface area contributed by atoms with E-state index < -0.39 is 6.10 Å². The fourth-order valence-corrected chi connectivity index (χ4v) is 3.10. The quantitative estimate of drug-likeness (QED) is 0.909. The highest BCUT2D eigenvalue weighted by molar-refractivity contribution is 9.10. The summed E-state index contributed by atoms with van der Waals surface area (Å²) in [6.07, 6.45) is 2.00. The minimum absolute atomic E-state index is 0.116. The molecule has 1 saturated carbocycles. The maximum Gasteiger partial charge on any atom is 0.135 e. The van der Waals surface area contributed by atoms with Crippen LogP contribution in [0.5, 0.6) is 0 Å². The third kappa shape index (κ3) is 2.96. The van der Waals surface area contributed by atoms with E-state index in [9.17, 15) is 9.90 Å². The number of aliphatic hydroxyl groups excluding tert-OH is 1. The van der Waals surface area contributed by atoms with Gasteiger partial charge in [0.05, 0.1) is 6.10 Å². The summed E-state index contributed by atoms with van der Waals surface area (Å²) in [5.74, 6) is 0.335. The highest BCUT2D eigenvalue weighted by Crippen LogP contribution is 2.36. The van der Waals surface area contributed by atoms with Crippen molar-refractivity contribution in [2.45, 2.75) is 38.2 Å². The Morgan fingerprint density at radius 2 is 2.18 bits per heavy atom. The van der Waals surface area contributed by atoms with E-state index in [1.165, 1.54) is 5.56 Å². The zero-order valence-electron chi connectivity index (χ0n) is 9.90. The van der Waals surface area contributed by atoms with Crippen molar-refractivity contribution in [1.82, 2.24) is 0 Å². The molecule has 0 amide bonds. The summed E-state index contributed by atoms with van der Waals surface area (Å²) in [4.78, 5) is 11.3. The number of benzene rings is 1. The van der Waals surface area contributed by atoms with Gasteiger partial charge in [-0.2, -0.15) is 0 Å². The lowest BCUT2D eigenvalue weighted by atomic mass is 9.75. The number of ketones is 1. The molecule has 1 aliphatic rings. The number of carbonyl (C=O) groups is 1. The van der Waals surface area contributed by atoms with Crippen molar-refractivity contribution < 1.29 is 9.90 Å². The summed E-state index contributed by atoms with van der Waals surface area (Å²) in [5.41, 5.74) is 1.25. The van der Waals surface area contributed by atoms with Crippen molar-refractivity contribution in [1.29, 1.82) is 0 Å². The molecule has 1 aromatic rings. The van der Waals surface area contributed by atoms with Gasteiger partial charge >= 0.3 is 0 Å². The van der Waals surface area contributed by atoms with Gasteiger partial charge < -0.3 is 5.11 Å². The Labute approximate surface area is 110 Å². The Bertz CT molecular complexity index is 416. The van der Waals surface area contributed by atoms with E-state index in [0.29, 0.717) is 12.3 Å². The number of hydrogen-bond donors (Lipinski definition) is 1. The first-order valence-electron chi connectivity index (χ1n) is 6.02. The van der Waals surface area contributed by atoms with Gasteiger partial charge in [-0.3, -0.25) is 4.79 Å². The molecule has 0 radical (unpaired) electrons. The van der Waals surface area contributed by atoms with Crippen molar-refractivity contribution in [2.24, 2.45) is 5.92 Å². The fraction of sp³-hybridized carbons (Fsp3) is 0.500. The fourth-order valence-electron chi connectivity index (χ4n) is 2.68. The monoisotopic (exact) mass is 296 g/mol. The van der Waals surface area contributed by atoms with Crippen LogP contribution in [0, 0.1) is 5.92 Å². The molecule has 1 N–H and O–H groups in total. The van der Waals surface area contributed by atoms with Crippen LogP contribution in [0.25, 0.3) is 0 Å². The molecule has 0 spiro atoms. The Hall–Kier alpha value is -0.670. The van der Waals surface area contributed by atoms with Crippen LogP contribution in [0.3, 0.4) is 0 Å². The minimum Gasteiger partial charge on any atom is -0.392 e. The molecule has 1 fully saturated rings. The third-order valence-corrected chi connectivity index (χ3v) is 4.15. The molecule has 17 heavy (non-hydrogen) atoms. The second-order valence-corrected chi connectivity index (χ2v) is 5.77. The number of carbonyl (C=O) groups excluding carboxylic acids is 1. The Balaban J connectivity index is 2.09. The number of aliphatic hydroxyl groups is 1. The van der Waals surface area contributed by atoms with Crippen molar-refractivity contribution in [3.05, 3.63) is 34.3 Å². The summed E-state index contributed by atoms with van der Waals surface area (Å²) >= 11 is 3.46. The van der Waals surface area contributed by atoms with Crippen molar-refractivity contribution in [2.75, 3.05) is 0 Å². The number of hydrogen-bond acceptors (Lipinski definition) is 2. The molecule has 2 nitrogen and oxygen atoms in total. The van der Waals surface area contributed by atoms with E-state index in [1.54, 1.807) is 6.92 Å². The average Bonchev–Trinajstić information content (AvgIpc) is 2.28. The molecule has 0 bridgehead atoms. The summed E-state index contributed by atoms with van der Waals surface area (Å²) in [6.45, 7) is 1.58. The Morgan fingerprint density at radius 3 is 2.76 bits per heavy atom. The van der Waals surface area contributed by atoms with E-state index in [-0.39, 0.29) is 11.7 Å². The van der Waals surface area contributed by atoms with Gasteiger partial charge in [-0.1, -0.05) is 28.1 Å². The van der Waals surface area contributed by atoms with Gasteiger partial charge in [0.1, 0.15) is 5.78 Å². The molecule has 2 rings (SSSR count). The minimum atomic E-state index is -0.481. The first kappa shape index (κ1) is 12.8. The van der Waals surface area contributed by atoms with Gasteiger partial charge in [-0.15, -0.1) is 0 Å². The summed E-state index contributed by atoms with van der Waals surface area (Å²) < 4.78 is 1.07. The van der Waals surface area contributed by atoms with Gasteiger partial charge in [0.25, 0.3) is 0 Å². The van der Waals surface area contributed by atoms with Gasteiger partial charge in [0.15, 0.2) is 0 Å². The zero-order chi connectivity index (χ0) is 12.4. The smallest absolute Gasteiger partial charge is 0.135 e. The van der Waals surface area contributed by atoms with Crippen LogP contribution >= 0.6 is 15.9 Å². The predicted octanol–water partition coefficient (Wildman–Crippen LogP) is 3.28. The van der Waals surface area contributed by atoms with Crippen molar-refractivity contribution >= 4 is 21.7 Å². The van der Waals surface area contributed by atoms with Crippen LogP contribution in [-0.4, -0.2) is 17.0 Å². The second-order valence-electron chi connectivity index (χ2n) is 4.85. The third-order valence-electron chi connectivity index (χ3n) is 3.66. The van der Waals surface area contributed by atoms with E-state index >= 15 is 0 Å². The lowest BCUT2D eigenvalue weighted by Crippen LogP contribution is -2.32. The molecule has 3 unspecified atom stereocenters. The Morgan fingerprint density at radius 1 is 1.41 bits per heavy atom. The van der Waals surface area contributed by atoms with Gasteiger partial charge in [0, 0.05) is 10.4 Å². The molecule has 3 atom stereocenters. The van der Waals surface area contributed by atoms with E-state index in [2.05, 4.69) is 28.1 Å². The molecule has 0 saturated heterocycles. The normalized spacial score (nSPS) is 29.0. The molecule has 0 aromatic heterocycles. The number of rotatable bonds is 2. The second kappa shape index (κ2) is 5.32. The maximum absolute atomic E-state index is 11.3. The van der Waals surface area contributed by atoms with Crippen LogP contribution in [0.4, 0.5) is 0 Å². The maximum atomic E-state index is 11.3. The Kier molecular flexibility index (Phi) is 4.00. The van der Waals surface area contributed by atoms with E-state index in [1.807, 2.05) is 12.1 Å². The first-order valence-corrected chi connectivity index (χ1v) is 6.81. The lowest BCUT2D eigenvalue weighted by Gasteiger charge is -2.32. The summed E-state index contributed by atoms with van der Waals surface area (Å²) in [6, 6.07) is 8.21. The van der Waals surface area contributed by atoms with Gasteiger partial charge in [-0.05, 0) is 49.8 Å². The molecular formula is C14H17BrO2. The van der Waals surface area contributed by atoms with Gasteiger partial charge in [-0.25, -0.2) is 0 Å². The standard InChI is InChI=1S/C14H17BrO2/c1-9(16)13-6-5-11(8-14(13)17)10-3-2-4-12(15)7-10/h2-4,7,11,13-14,17H,5-6,8H2,1H3. The van der Waals surface area contributed by atoms with Crippen LogP contribution < -0.4 is 0 Å². The molecule has 0 heterocycles. The van der Waals surface area contributed by atoms with Gasteiger partial charge in [0.2, 0.25) is 0 Å². The molecule has 92 valence electrons. The van der Waals surface area contributed by atoms with E-state index in [4.69, 9.17) is 0 Å². The van der Waals surface area contributed by atoms with Crippen molar-refractivity contribution in [3.8, 4) is 0 Å². The van der Waals surface area contributed by atoms with Crippen LogP contribution in [0.1, 0.15) is 37.7 Å². The largest absolute Gasteiger partial charge is 0.392 e. The van der Waals surface area contributed by atoms with Crippen LogP contribution in [0.2, 0.25) is 0 Å². The SMILES string of the molecule is CC(=O)C1CCC(c2cccc(Br)c2)CC1O. The molecule has 3 heteroatoms. The number of Topliss-reactive ketones (excluding diaryl/α,β-unsaturated/α-hetero) is 1. The highest BCUT2D eigenvalue weighted by Gasteiger charge is 2.32. The molecular weight excluding hydrogens is 280 g/mol. The summed E-state index contributed by atoms with van der Waals surface area (Å²) in [5, 5.41) is 10.0. The van der Waals surface area contributed by atoms with E-state index in [0.717, 1.165) is 17.3 Å². The first-order chi connectivity index (χ1) is 8.08. The highest BCUT2D eigenvalue weighted by atomic mass is 79.9. The predicted molar refractivity (Wildman–Crippen MR) is 70.9 cm³/mol.